The number of methoxy groups -OCH3 is 1. The number of hydrogen-bond acceptors (Lipinski definition) is 6. The first-order valence-corrected chi connectivity index (χ1v) is 6.20. The Hall–Kier alpha value is -2.46. The molecule has 0 spiro atoms. The fourth-order valence-corrected chi connectivity index (χ4v) is 2.23. The predicted octanol–water partition coefficient (Wildman–Crippen LogP) is 2.07. The van der Waals surface area contributed by atoms with Gasteiger partial charge in [0.1, 0.15) is 12.2 Å². The van der Waals surface area contributed by atoms with Crippen LogP contribution >= 0.6 is 11.3 Å². The molecule has 0 aliphatic heterocycles. The summed E-state index contributed by atoms with van der Waals surface area (Å²) in [5.41, 5.74) is 0.809. The number of benzene rings is 1. The van der Waals surface area contributed by atoms with Crippen molar-refractivity contribution in [3.05, 3.63) is 24.3 Å². The Labute approximate surface area is 113 Å². The highest BCUT2D eigenvalue weighted by Gasteiger charge is 2.12. The highest BCUT2D eigenvalue weighted by Crippen LogP contribution is 2.33. The molecule has 0 radical (unpaired) electrons. The smallest absolute Gasteiger partial charge is 0.240 e. The van der Waals surface area contributed by atoms with Crippen molar-refractivity contribution in [2.75, 3.05) is 12.4 Å². The third-order valence-corrected chi connectivity index (χ3v) is 3.12. The van der Waals surface area contributed by atoms with Gasteiger partial charge in [0.05, 0.1) is 18.7 Å². The minimum atomic E-state index is -0.398. The lowest BCUT2D eigenvalue weighted by Crippen LogP contribution is -2.09. The number of carbonyl (C=O) groups is 1. The minimum absolute atomic E-state index is 0.205. The number of nitrogens with zero attached hydrogens (tertiary/aromatic N) is 3. The van der Waals surface area contributed by atoms with Crippen molar-refractivity contribution >= 4 is 22.4 Å². The number of amides is 1. The lowest BCUT2D eigenvalue weighted by Gasteiger charge is -2.03. The predicted molar refractivity (Wildman–Crippen MR) is 70.8 cm³/mol. The van der Waals surface area contributed by atoms with Crippen LogP contribution in [0, 0.1) is 11.3 Å². The van der Waals surface area contributed by atoms with E-state index in [1.54, 1.807) is 13.2 Å². The van der Waals surface area contributed by atoms with Gasteiger partial charge in [-0.2, -0.15) is 5.26 Å². The number of anilines is 1. The van der Waals surface area contributed by atoms with E-state index in [2.05, 4.69) is 15.5 Å². The molecule has 1 heterocycles. The van der Waals surface area contributed by atoms with Crippen LogP contribution in [-0.4, -0.2) is 23.2 Å². The van der Waals surface area contributed by atoms with Gasteiger partial charge in [-0.1, -0.05) is 23.5 Å². The van der Waals surface area contributed by atoms with E-state index in [1.807, 2.05) is 24.3 Å². The molecular formula is C12H10N4O2S. The number of ether oxygens (including phenoxy) is 1. The second kappa shape index (κ2) is 5.93. The van der Waals surface area contributed by atoms with E-state index in [1.165, 1.54) is 11.3 Å². The van der Waals surface area contributed by atoms with Gasteiger partial charge in [0, 0.05) is 0 Å². The molecule has 1 N–H and O–H groups in total. The van der Waals surface area contributed by atoms with Gasteiger partial charge in [-0.25, -0.2) is 0 Å². The average Bonchev–Trinajstić information content (AvgIpc) is 2.87. The van der Waals surface area contributed by atoms with E-state index in [4.69, 9.17) is 10.00 Å². The highest BCUT2D eigenvalue weighted by atomic mass is 32.1. The molecule has 0 saturated carbocycles. The Balaban J connectivity index is 2.21. The van der Waals surface area contributed by atoms with Crippen LogP contribution in [0.4, 0.5) is 5.13 Å². The number of nitriles is 1. The molecule has 2 rings (SSSR count). The lowest BCUT2D eigenvalue weighted by atomic mass is 10.2. The molecular weight excluding hydrogens is 264 g/mol. The summed E-state index contributed by atoms with van der Waals surface area (Å²) < 4.78 is 5.24. The monoisotopic (exact) mass is 274 g/mol. The summed E-state index contributed by atoms with van der Waals surface area (Å²) in [6.45, 7) is 0. The molecule has 7 heteroatoms. The van der Waals surface area contributed by atoms with Gasteiger partial charge in [-0.3, -0.25) is 10.1 Å². The normalized spacial score (nSPS) is 9.68. The molecule has 19 heavy (non-hydrogen) atoms. The zero-order valence-corrected chi connectivity index (χ0v) is 10.9. The Bertz CT molecular complexity index is 633. The highest BCUT2D eigenvalue weighted by molar-refractivity contribution is 7.18. The molecule has 1 amide bonds. The first kappa shape index (κ1) is 13.0. The number of para-hydroxylation sites is 1. The van der Waals surface area contributed by atoms with Crippen LogP contribution in [0.2, 0.25) is 0 Å². The molecule has 0 bridgehead atoms. The molecule has 0 fully saturated rings. The second-order valence-electron chi connectivity index (χ2n) is 3.50. The van der Waals surface area contributed by atoms with E-state index in [0.29, 0.717) is 15.9 Å². The SMILES string of the molecule is COc1ccccc1-c1nnc(NC(=O)CC#N)s1. The Morgan fingerprint density at radius 2 is 2.26 bits per heavy atom. The van der Waals surface area contributed by atoms with E-state index < -0.39 is 5.91 Å². The van der Waals surface area contributed by atoms with Gasteiger partial charge in [-0.05, 0) is 12.1 Å². The van der Waals surface area contributed by atoms with Gasteiger partial charge < -0.3 is 4.74 Å². The minimum Gasteiger partial charge on any atom is -0.496 e. The van der Waals surface area contributed by atoms with E-state index in [0.717, 1.165) is 5.56 Å². The summed E-state index contributed by atoms with van der Waals surface area (Å²) in [5, 5.41) is 19.8. The molecule has 0 unspecified atom stereocenters. The standard InChI is InChI=1S/C12H10N4O2S/c1-18-9-5-3-2-4-8(9)11-15-16-12(19-11)14-10(17)6-7-13/h2-5H,6H2,1H3,(H,14,16,17). The number of carbonyl (C=O) groups excluding carboxylic acids is 1. The number of rotatable bonds is 4. The third kappa shape index (κ3) is 3.05. The van der Waals surface area contributed by atoms with E-state index >= 15 is 0 Å². The maximum Gasteiger partial charge on any atom is 0.240 e. The van der Waals surface area contributed by atoms with Crippen LogP contribution in [0.1, 0.15) is 6.42 Å². The molecule has 0 saturated heterocycles. The van der Waals surface area contributed by atoms with Crippen LogP contribution in [0.25, 0.3) is 10.6 Å². The molecule has 1 aromatic carbocycles. The van der Waals surface area contributed by atoms with Crippen molar-refractivity contribution in [1.82, 2.24) is 10.2 Å². The average molecular weight is 274 g/mol. The van der Waals surface area contributed by atoms with Crippen molar-refractivity contribution in [2.24, 2.45) is 0 Å². The summed E-state index contributed by atoms with van der Waals surface area (Å²) in [6, 6.07) is 9.18. The maximum absolute atomic E-state index is 11.3. The van der Waals surface area contributed by atoms with Gasteiger partial charge in [-0.15, -0.1) is 10.2 Å². The molecule has 96 valence electrons. The first-order valence-electron chi connectivity index (χ1n) is 5.38. The van der Waals surface area contributed by atoms with Crippen molar-refractivity contribution in [2.45, 2.75) is 6.42 Å². The van der Waals surface area contributed by atoms with Crippen molar-refractivity contribution in [1.29, 1.82) is 5.26 Å². The summed E-state index contributed by atoms with van der Waals surface area (Å²) in [6.07, 6.45) is -0.205. The number of aromatic nitrogens is 2. The summed E-state index contributed by atoms with van der Waals surface area (Å²) >= 11 is 1.23. The quantitative estimate of drug-likeness (QED) is 0.922. The van der Waals surface area contributed by atoms with Crippen molar-refractivity contribution < 1.29 is 9.53 Å². The lowest BCUT2D eigenvalue weighted by molar-refractivity contribution is -0.115. The van der Waals surface area contributed by atoms with Crippen molar-refractivity contribution in [3.63, 3.8) is 0 Å². The maximum atomic E-state index is 11.3. The fourth-order valence-electron chi connectivity index (χ4n) is 1.44. The van der Waals surface area contributed by atoms with E-state index in [-0.39, 0.29) is 6.42 Å². The fraction of sp³-hybridized carbons (Fsp3) is 0.167. The van der Waals surface area contributed by atoms with Crippen LogP contribution in [0.5, 0.6) is 5.75 Å². The molecule has 6 nitrogen and oxygen atoms in total. The number of nitrogens with one attached hydrogen (secondary N) is 1. The zero-order chi connectivity index (χ0) is 13.7. The Morgan fingerprint density at radius 3 is 3.00 bits per heavy atom. The van der Waals surface area contributed by atoms with Crippen LogP contribution in [0.3, 0.4) is 0 Å². The topological polar surface area (TPSA) is 87.9 Å². The van der Waals surface area contributed by atoms with Crippen LogP contribution in [-0.2, 0) is 4.79 Å². The molecule has 2 aromatic rings. The summed E-state index contributed by atoms with van der Waals surface area (Å²) in [7, 11) is 1.58. The zero-order valence-electron chi connectivity index (χ0n) is 10.1. The molecule has 0 aliphatic rings. The van der Waals surface area contributed by atoms with Gasteiger partial charge in [0.2, 0.25) is 11.0 Å². The summed E-state index contributed by atoms with van der Waals surface area (Å²) in [4.78, 5) is 11.3. The molecule has 0 atom stereocenters. The second-order valence-corrected chi connectivity index (χ2v) is 4.47. The van der Waals surface area contributed by atoms with Gasteiger partial charge in [0.25, 0.3) is 0 Å². The van der Waals surface area contributed by atoms with Crippen LogP contribution in [0.15, 0.2) is 24.3 Å². The number of hydrogen-bond donors (Lipinski definition) is 1. The molecule has 0 aliphatic carbocycles. The Morgan fingerprint density at radius 1 is 1.47 bits per heavy atom. The summed E-state index contributed by atoms with van der Waals surface area (Å²) in [5.74, 6) is 0.291. The van der Waals surface area contributed by atoms with Gasteiger partial charge in [0.15, 0.2) is 5.01 Å². The van der Waals surface area contributed by atoms with Crippen molar-refractivity contribution in [3.8, 4) is 22.4 Å². The van der Waals surface area contributed by atoms with Gasteiger partial charge >= 0.3 is 0 Å². The first-order chi connectivity index (χ1) is 9.24. The molecule has 1 aromatic heterocycles. The van der Waals surface area contributed by atoms with Crippen LogP contribution < -0.4 is 10.1 Å². The van der Waals surface area contributed by atoms with E-state index in [9.17, 15) is 4.79 Å². The Kier molecular flexibility index (Phi) is 4.05. The largest absolute Gasteiger partial charge is 0.496 e. The third-order valence-electron chi connectivity index (χ3n) is 2.25.